The molecule has 154 valence electrons. The SMILES string of the molecule is CCCN1CC[C@]23c4c5ccc(O)c4O[C@H]2c2[nH]c4ccccc4c2C[C@@]3(O)[C@H]1C5. The minimum atomic E-state index is -0.922. The van der Waals surface area contributed by atoms with Crippen molar-refractivity contribution in [3.05, 3.63) is 58.8 Å². The molecule has 3 aromatic rings. The van der Waals surface area contributed by atoms with Gasteiger partial charge in [-0.25, -0.2) is 0 Å². The summed E-state index contributed by atoms with van der Waals surface area (Å²) in [5.74, 6) is 0.775. The predicted molar refractivity (Wildman–Crippen MR) is 114 cm³/mol. The second-order valence-corrected chi connectivity index (χ2v) is 9.59. The van der Waals surface area contributed by atoms with Crippen molar-refractivity contribution in [2.24, 2.45) is 0 Å². The number of H-pyrrole nitrogens is 1. The van der Waals surface area contributed by atoms with Crippen molar-refractivity contribution >= 4 is 10.9 Å². The molecule has 0 radical (unpaired) electrons. The van der Waals surface area contributed by atoms with Crippen molar-refractivity contribution < 1.29 is 14.9 Å². The van der Waals surface area contributed by atoms with Crippen molar-refractivity contribution in [3.63, 3.8) is 0 Å². The highest BCUT2D eigenvalue weighted by molar-refractivity contribution is 5.86. The maximum atomic E-state index is 12.6. The van der Waals surface area contributed by atoms with Gasteiger partial charge in [-0.1, -0.05) is 31.2 Å². The lowest BCUT2D eigenvalue weighted by Gasteiger charge is -2.62. The number of hydrogen-bond acceptors (Lipinski definition) is 4. The molecule has 1 spiro atoms. The van der Waals surface area contributed by atoms with E-state index >= 15 is 0 Å². The molecule has 1 aromatic heterocycles. The summed E-state index contributed by atoms with van der Waals surface area (Å²) in [6, 6.07) is 12.2. The number of benzene rings is 2. The molecule has 30 heavy (non-hydrogen) atoms. The number of aromatic nitrogens is 1. The van der Waals surface area contributed by atoms with Gasteiger partial charge in [0, 0.05) is 28.9 Å². The Kier molecular flexibility index (Phi) is 3.10. The van der Waals surface area contributed by atoms with Gasteiger partial charge in [0.2, 0.25) is 0 Å². The Balaban J connectivity index is 1.56. The Bertz CT molecular complexity index is 1220. The third-order valence-electron chi connectivity index (χ3n) is 8.39. The summed E-state index contributed by atoms with van der Waals surface area (Å²) < 4.78 is 6.57. The normalized spacial score (nSPS) is 33.3. The van der Waals surface area contributed by atoms with Crippen molar-refractivity contribution in [2.75, 3.05) is 13.1 Å². The molecule has 2 bridgehead atoms. The van der Waals surface area contributed by atoms with Crippen LogP contribution in [-0.4, -0.2) is 44.8 Å². The van der Waals surface area contributed by atoms with E-state index in [1.807, 2.05) is 12.1 Å². The molecule has 2 aliphatic carbocycles. The Morgan fingerprint density at radius 2 is 2.10 bits per heavy atom. The summed E-state index contributed by atoms with van der Waals surface area (Å²) in [5, 5.41) is 24.5. The summed E-state index contributed by atoms with van der Waals surface area (Å²) in [7, 11) is 0. The van der Waals surface area contributed by atoms with Crippen LogP contribution in [0.2, 0.25) is 0 Å². The number of ether oxygens (including phenoxy) is 1. The van der Waals surface area contributed by atoms with E-state index in [0.29, 0.717) is 12.2 Å². The fraction of sp³-hybridized carbons (Fsp3) is 0.440. The molecule has 0 saturated carbocycles. The Morgan fingerprint density at radius 1 is 1.23 bits per heavy atom. The molecule has 4 atom stereocenters. The first-order valence-electron chi connectivity index (χ1n) is 11.2. The zero-order valence-corrected chi connectivity index (χ0v) is 17.1. The Labute approximate surface area is 175 Å². The van der Waals surface area contributed by atoms with E-state index in [1.54, 1.807) is 6.07 Å². The van der Waals surface area contributed by atoms with Crippen molar-refractivity contribution in [1.29, 1.82) is 0 Å². The van der Waals surface area contributed by atoms with Gasteiger partial charge in [0.15, 0.2) is 17.6 Å². The first kappa shape index (κ1) is 17.2. The van der Waals surface area contributed by atoms with Gasteiger partial charge in [0.25, 0.3) is 0 Å². The van der Waals surface area contributed by atoms with Crippen LogP contribution in [0.15, 0.2) is 36.4 Å². The van der Waals surface area contributed by atoms with Crippen LogP contribution in [0, 0.1) is 0 Å². The van der Waals surface area contributed by atoms with Crippen LogP contribution < -0.4 is 4.74 Å². The number of fused-ring (bicyclic) bond motifs is 4. The van der Waals surface area contributed by atoms with Crippen LogP contribution >= 0.6 is 0 Å². The number of phenols is 1. The second kappa shape index (κ2) is 5.40. The fourth-order valence-electron chi connectivity index (χ4n) is 7.28. The molecule has 3 N–H and O–H groups in total. The third kappa shape index (κ3) is 1.71. The van der Waals surface area contributed by atoms with E-state index in [-0.39, 0.29) is 17.9 Å². The van der Waals surface area contributed by atoms with E-state index in [9.17, 15) is 10.2 Å². The molecule has 1 saturated heterocycles. The molecule has 4 aliphatic rings. The zero-order valence-electron chi connectivity index (χ0n) is 17.1. The number of aromatic hydroxyl groups is 1. The number of aromatic amines is 1. The number of piperidine rings is 1. The predicted octanol–water partition coefficient (Wildman–Crippen LogP) is 3.57. The van der Waals surface area contributed by atoms with Crippen LogP contribution in [0.5, 0.6) is 11.5 Å². The largest absolute Gasteiger partial charge is 0.504 e. The van der Waals surface area contributed by atoms with Gasteiger partial charge in [0.05, 0.1) is 16.7 Å². The molecule has 5 nitrogen and oxygen atoms in total. The minimum absolute atomic E-state index is 0.0575. The van der Waals surface area contributed by atoms with Gasteiger partial charge in [-0.05, 0) is 55.6 Å². The number of phenolic OH excluding ortho intramolecular Hbond substituents is 1. The summed E-state index contributed by atoms with van der Waals surface area (Å²) in [5.41, 5.74) is 4.18. The third-order valence-corrected chi connectivity index (χ3v) is 8.39. The molecule has 2 aromatic carbocycles. The van der Waals surface area contributed by atoms with Crippen molar-refractivity contribution in [3.8, 4) is 11.5 Å². The lowest BCUT2D eigenvalue weighted by molar-refractivity contribution is -0.172. The summed E-state index contributed by atoms with van der Waals surface area (Å²) in [6.45, 7) is 4.15. The maximum absolute atomic E-state index is 12.6. The van der Waals surface area contributed by atoms with Crippen LogP contribution in [0.1, 0.15) is 48.3 Å². The average Bonchev–Trinajstić information content (AvgIpc) is 3.27. The number of likely N-dealkylation sites (tertiary alicyclic amines) is 1. The lowest BCUT2D eigenvalue weighted by atomic mass is 9.49. The fourth-order valence-corrected chi connectivity index (χ4v) is 7.28. The van der Waals surface area contributed by atoms with E-state index in [2.05, 4.69) is 35.0 Å². The minimum Gasteiger partial charge on any atom is -0.504 e. The summed E-state index contributed by atoms with van der Waals surface area (Å²) in [4.78, 5) is 6.12. The zero-order chi connectivity index (χ0) is 20.3. The summed E-state index contributed by atoms with van der Waals surface area (Å²) in [6.07, 6.45) is 3.03. The summed E-state index contributed by atoms with van der Waals surface area (Å²) >= 11 is 0. The molecular weight excluding hydrogens is 376 g/mol. The van der Waals surface area contributed by atoms with E-state index < -0.39 is 11.0 Å². The topological polar surface area (TPSA) is 68.7 Å². The molecule has 1 fully saturated rings. The Morgan fingerprint density at radius 3 is 2.97 bits per heavy atom. The maximum Gasteiger partial charge on any atom is 0.166 e. The lowest BCUT2D eigenvalue weighted by Crippen LogP contribution is -2.74. The number of aliphatic hydroxyl groups is 1. The quantitative estimate of drug-likeness (QED) is 0.613. The van der Waals surface area contributed by atoms with Gasteiger partial charge in [-0.2, -0.15) is 0 Å². The molecule has 0 unspecified atom stereocenters. The molecule has 0 amide bonds. The first-order chi connectivity index (χ1) is 14.6. The van der Waals surface area contributed by atoms with E-state index in [1.165, 1.54) is 16.5 Å². The molecule has 5 heteroatoms. The van der Waals surface area contributed by atoms with E-state index in [0.717, 1.165) is 49.1 Å². The highest BCUT2D eigenvalue weighted by atomic mass is 16.5. The van der Waals surface area contributed by atoms with Crippen molar-refractivity contribution in [2.45, 2.75) is 55.8 Å². The number of rotatable bonds is 2. The van der Waals surface area contributed by atoms with Gasteiger partial charge in [-0.3, -0.25) is 4.90 Å². The van der Waals surface area contributed by atoms with E-state index in [4.69, 9.17) is 4.74 Å². The van der Waals surface area contributed by atoms with Gasteiger partial charge in [0.1, 0.15) is 0 Å². The standard InChI is InChI=1S/C25H26N2O3/c1-2-10-27-11-9-24-20-14-7-8-18(28)22(20)30-23(24)21-16(13-25(24,29)19(27)12-14)15-5-3-4-6-17(15)26-21/h3-8,19,23,26,28-29H,2,9-13H2,1H3/t19-,23+,24+,25-/m1/s1. The molecule has 7 rings (SSSR count). The van der Waals surface area contributed by atoms with Crippen LogP contribution in [-0.2, 0) is 18.3 Å². The highest BCUT2D eigenvalue weighted by Gasteiger charge is 2.72. The van der Waals surface area contributed by atoms with Crippen LogP contribution in [0.25, 0.3) is 10.9 Å². The highest BCUT2D eigenvalue weighted by Crippen LogP contribution is 2.68. The average molecular weight is 402 g/mol. The number of hydrogen-bond donors (Lipinski definition) is 3. The van der Waals surface area contributed by atoms with Crippen molar-refractivity contribution in [1.82, 2.24) is 9.88 Å². The first-order valence-corrected chi connectivity index (χ1v) is 11.2. The smallest absolute Gasteiger partial charge is 0.166 e. The van der Waals surface area contributed by atoms with Crippen LogP contribution in [0.4, 0.5) is 0 Å². The second-order valence-electron chi connectivity index (χ2n) is 9.59. The Hall–Kier alpha value is -2.50. The van der Waals surface area contributed by atoms with Crippen LogP contribution in [0.3, 0.4) is 0 Å². The molecule has 2 aliphatic heterocycles. The number of para-hydroxylation sites is 1. The van der Waals surface area contributed by atoms with Gasteiger partial charge >= 0.3 is 0 Å². The van der Waals surface area contributed by atoms with Gasteiger partial charge < -0.3 is 19.9 Å². The number of nitrogens with one attached hydrogen (secondary N) is 1. The monoisotopic (exact) mass is 402 g/mol. The van der Waals surface area contributed by atoms with Gasteiger partial charge in [-0.15, -0.1) is 0 Å². The molecular formula is C25H26N2O3. The molecule has 3 heterocycles. The number of nitrogens with zero attached hydrogens (tertiary/aromatic N) is 1.